The van der Waals surface area contributed by atoms with Crippen molar-refractivity contribution in [2.24, 2.45) is 0 Å². The second-order valence-corrected chi connectivity index (χ2v) is 7.35. The summed E-state index contributed by atoms with van der Waals surface area (Å²) in [4.78, 5) is 10.7. The molecule has 7 N–H and O–H groups in total. The van der Waals surface area contributed by atoms with Crippen molar-refractivity contribution in [1.82, 2.24) is 0 Å². The molecule has 0 amide bonds. The highest BCUT2D eigenvalue weighted by Crippen LogP contribution is 2.27. The van der Waals surface area contributed by atoms with Crippen molar-refractivity contribution in [2.45, 2.75) is 61.4 Å². The lowest BCUT2D eigenvalue weighted by molar-refractivity contribution is -0.323. The molecule has 174 valence electrons. The van der Waals surface area contributed by atoms with Gasteiger partial charge in [0.15, 0.2) is 6.29 Å². The van der Waals surface area contributed by atoms with Gasteiger partial charge in [0.25, 0.3) is 0 Å². The smallest absolute Gasteiger partial charge is 0.229 e. The summed E-state index contributed by atoms with van der Waals surface area (Å²) in [6.45, 7) is -1.10. The molecular weight excluding hydrogens is 420 g/mol. The molecule has 2 fully saturated rings. The van der Waals surface area contributed by atoms with Gasteiger partial charge in [-0.15, -0.1) is 0 Å². The fourth-order valence-electron chi connectivity index (χ4n) is 3.31. The number of aldehydes is 1. The van der Waals surface area contributed by atoms with E-state index >= 15 is 0 Å². The van der Waals surface area contributed by atoms with Crippen LogP contribution in [0.3, 0.4) is 0 Å². The molecule has 0 unspecified atom stereocenters. The molecule has 0 aromatic heterocycles. The molecule has 2 aliphatic heterocycles. The van der Waals surface area contributed by atoms with E-state index in [1.807, 2.05) is 0 Å². The Morgan fingerprint density at radius 1 is 0.774 bits per heavy atom. The average Bonchev–Trinajstić information content (AvgIpc) is 2.78. The molecule has 0 saturated carbocycles. The molecule has 1 aromatic carbocycles. The van der Waals surface area contributed by atoms with Gasteiger partial charge >= 0.3 is 0 Å². The van der Waals surface area contributed by atoms with E-state index in [1.165, 1.54) is 24.3 Å². The van der Waals surface area contributed by atoms with Gasteiger partial charge in [-0.1, -0.05) is 0 Å². The highest BCUT2D eigenvalue weighted by Gasteiger charge is 2.47. The van der Waals surface area contributed by atoms with Gasteiger partial charge in [0, 0.05) is 5.56 Å². The van der Waals surface area contributed by atoms with Gasteiger partial charge in [0.05, 0.1) is 13.2 Å². The topological polar surface area (TPSA) is 196 Å². The molecule has 10 atom stereocenters. The van der Waals surface area contributed by atoms with Crippen LogP contribution >= 0.6 is 0 Å². The number of benzene rings is 1. The summed E-state index contributed by atoms with van der Waals surface area (Å²) in [6.07, 6.45) is -14.3. The zero-order valence-electron chi connectivity index (χ0n) is 16.2. The van der Waals surface area contributed by atoms with Crippen LogP contribution in [0.2, 0.25) is 0 Å². The monoisotopic (exact) mass is 446 g/mol. The molecule has 0 spiro atoms. The summed E-state index contributed by atoms with van der Waals surface area (Å²) in [5.41, 5.74) is 0.402. The van der Waals surface area contributed by atoms with Crippen LogP contribution in [-0.2, 0) is 14.2 Å². The van der Waals surface area contributed by atoms with Gasteiger partial charge in [-0.25, -0.2) is 0 Å². The van der Waals surface area contributed by atoms with Crippen LogP contribution in [0.15, 0.2) is 24.3 Å². The van der Waals surface area contributed by atoms with Gasteiger partial charge < -0.3 is 54.7 Å². The summed E-state index contributed by atoms with van der Waals surface area (Å²) in [6, 6.07) is 5.86. The second kappa shape index (κ2) is 10.3. The molecular formula is C19H26O12. The van der Waals surface area contributed by atoms with E-state index < -0.39 is 74.6 Å². The Bertz CT molecular complexity index is 712. The lowest BCUT2D eigenvalue weighted by atomic mass is 9.98. The average molecular weight is 446 g/mol. The Morgan fingerprint density at radius 2 is 1.32 bits per heavy atom. The van der Waals surface area contributed by atoms with E-state index in [0.29, 0.717) is 11.8 Å². The standard InChI is InChI=1S/C19H26O12/c20-5-8-1-3-9(4-2-8)29-19-17(27)15(25)13(23)11(31-19)7-28-18-16(26)14(24)12(22)10(6-21)30-18/h1-5,10-19,21-27H,6-7H2/t10-,11-,12+,13-,14+,15+,16-,17-,18+,19-/m1/s1. The van der Waals surface area contributed by atoms with Crippen LogP contribution in [0.1, 0.15) is 10.4 Å². The van der Waals surface area contributed by atoms with Crippen LogP contribution < -0.4 is 4.74 Å². The summed E-state index contributed by atoms with van der Waals surface area (Å²) in [5, 5.41) is 69.4. The van der Waals surface area contributed by atoms with Crippen LogP contribution in [0.5, 0.6) is 5.75 Å². The fraction of sp³-hybridized carbons (Fsp3) is 0.632. The minimum atomic E-state index is -1.66. The van der Waals surface area contributed by atoms with E-state index in [9.17, 15) is 40.5 Å². The number of hydrogen-bond donors (Lipinski definition) is 7. The van der Waals surface area contributed by atoms with Crippen LogP contribution in [0.4, 0.5) is 0 Å². The molecule has 2 saturated heterocycles. The minimum Gasteiger partial charge on any atom is -0.462 e. The van der Waals surface area contributed by atoms with Crippen molar-refractivity contribution in [3.8, 4) is 5.75 Å². The summed E-state index contributed by atoms with van der Waals surface area (Å²) >= 11 is 0. The van der Waals surface area contributed by atoms with E-state index in [-0.39, 0.29) is 5.75 Å². The lowest BCUT2D eigenvalue weighted by Crippen LogP contribution is -2.62. The highest BCUT2D eigenvalue weighted by atomic mass is 16.7. The maximum atomic E-state index is 10.7. The third kappa shape index (κ3) is 5.21. The van der Waals surface area contributed by atoms with Gasteiger partial charge in [-0.2, -0.15) is 0 Å². The minimum absolute atomic E-state index is 0.229. The molecule has 12 heteroatoms. The molecule has 2 heterocycles. The Kier molecular flexibility index (Phi) is 7.93. The molecule has 1 aromatic rings. The van der Waals surface area contributed by atoms with Crippen LogP contribution in [0, 0.1) is 0 Å². The first-order chi connectivity index (χ1) is 14.8. The zero-order chi connectivity index (χ0) is 22.7. The zero-order valence-corrected chi connectivity index (χ0v) is 16.2. The van der Waals surface area contributed by atoms with Gasteiger partial charge in [0.1, 0.15) is 60.9 Å². The second-order valence-electron chi connectivity index (χ2n) is 7.35. The molecule has 12 nitrogen and oxygen atoms in total. The first-order valence-corrected chi connectivity index (χ1v) is 9.60. The van der Waals surface area contributed by atoms with Crippen molar-refractivity contribution in [1.29, 1.82) is 0 Å². The number of ether oxygens (including phenoxy) is 4. The Labute approximate surface area is 176 Å². The quantitative estimate of drug-likeness (QED) is 0.205. The number of aliphatic hydroxyl groups excluding tert-OH is 7. The van der Waals surface area contributed by atoms with E-state index in [1.54, 1.807) is 0 Å². The van der Waals surface area contributed by atoms with Crippen molar-refractivity contribution in [2.75, 3.05) is 13.2 Å². The van der Waals surface area contributed by atoms with Crippen molar-refractivity contribution in [3.63, 3.8) is 0 Å². The molecule has 0 radical (unpaired) electrons. The van der Waals surface area contributed by atoms with Gasteiger partial charge in [-0.3, -0.25) is 4.79 Å². The maximum absolute atomic E-state index is 10.7. The van der Waals surface area contributed by atoms with Crippen LogP contribution in [0.25, 0.3) is 0 Å². The van der Waals surface area contributed by atoms with Gasteiger partial charge in [0.2, 0.25) is 6.29 Å². The van der Waals surface area contributed by atoms with Crippen molar-refractivity contribution >= 4 is 6.29 Å². The summed E-state index contributed by atoms with van der Waals surface area (Å²) in [5.74, 6) is 0.229. The number of carbonyl (C=O) groups is 1. The number of hydrogen-bond acceptors (Lipinski definition) is 12. The van der Waals surface area contributed by atoms with E-state index in [4.69, 9.17) is 18.9 Å². The largest absolute Gasteiger partial charge is 0.462 e. The van der Waals surface area contributed by atoms with Crippen LogP contribution in [-0.4, -0.2) is 117 Å². The highest BCUT2D eigenvalue weighted by molar-refractivity contribution is 5.74. The lowest BCUT2D eigenvalue weighted by Gasteiger charge is -2.42. The number of rotatable bonds is 7. The molecule has 31 heavy (non-hydrogen) atoms. The summed E-state index contributed by atoms with van der Waals surface area (Å²) < 4.78 is 21.5. The third-order valence-corrected chi connectivity index (χ3v) is 5.21. The SMILES string of the molecule is O=Cc1ccc(O[C@@H]2O[C@H](CO[C@H]3O[C@H](CO)[C@H](O)[C@H](O)[C@H]3O)[C@@H](O)[C@H](O)[C@H]2O)cc1. The first kappa shape index (κ1) is 23.9. The predicted molar refractivity (Wildman–Crippen MR) is 98.9 cm³/mol. The Hall–Kier alpha value is -1.71. The van der Waals surface area contributed by atoms with Crippen molar-refractivity contribution in [3.05, 3.63) is 29.8 Å². The number of carbonyl (C=O) groups excluding carboxylic acids is 1. The molecule has 0 bridgehead atoms. The van der Waals surface area contributed by atoms with Crippen molar-refractivity contribution < 1.29 is 59.5 Å². The predicted octanol–water partition coefficient (Wildman–Crippen LogP) is -3.50. The molecule has 0 aliphatic carbocycles. The van der Waals surface area contributed by atoms with Gasteiger partial charge in [-0.05, 0) is 24.3 Å². The van der Waals surface area contributed by atoms with E-state index in [2.05, 4.69) is 0 Å². The normalized spacial score (nSPS) is 41.0. The van der Waals surface area contributed by atoms with E-state index in [0.717, 1.165) is 0 Å². The summed E-state index contributed by atoms with van der Waals surface area (Å²) in [7, 11) is 0. The number of aliphatic hydroxyl groups is 7. The third-order valence-electron chi connectivity index (χ3n) is 5.21. The Balaban J connectivity index is 1.63. The first-order valence-electron chi connectivity index (χ1n) is 9.60. The fourth-order valence-corrected chi connectivity index (χ4v) is 3.31. The molecule has 3 rings (SSSR count). The maximum Gasteiger partial charge on any atom is 0.229 e. The molecule has 2 aliphatic rings. The Morgan fingerprint density at radius 3 is 1.90 bits per heavy atom.